The Balaban J connectivity index is 1.82. The van der Waals surface area contributed by atoms with Crippen molar-refractivity contribution < 1.29 is 14.6 Å². The maximum atomic E-state index is 10.8. The third-order valence-corrected chi connectivity index (χ3v) is 5.92. The van der Waals surface area contributed by atoms with Crippen molar-refractivity contribution in [3.05, 3.63) is 46.0 Å². The molecule has 4 rings (SSSR count). The Morgan fingerprint density at radius 2 is 2.00 bits per heavy atom. The van der Waals surface area contributed by atoms with Gasteiger partial charge < -0.3 is 14.4 Å². The number of aromatic nitrogens is 1. The summed E-state index contributed by atoms with van der Waals surface area (Å²) in [7, 11) is 0. The van der Waals surface area contributed by atoms with Crippen LogP contribution in [0.5, 0.6) is 5.75 Å². The minimum Gasteiger partial charge on any atom is -0.494 e. The van der Waals surface area contributed by atoms with Gasteiger partial charge in [-0.1, -0.05) is 12.1 Å². The van der Waals surface area contributed by atoms with E-state index in [2.05, 4.69) is 44.6 Å². The molecule has 1 aromatic heterocycles. The van der Waals surface area contributed by atoms with Crippen LogP contribution < -0.4 is 10.1 Å². The lowest BCUT2D eigenvalue weighted by Crippen LogP contribution is -2.07. The van der Waals surface area contributed by atoms with Crippen molar-refractivity contribution in [3.8, 4) is 17.0 Å². The summed E-state index contributed by atoms with van der Waals surface area (Å²) in [5, 5.41) is 12.5. The third-order valence-electron chi connectivity index (χ3n) is 4.83. The Kier molecular flexibility index (Phi) is 4.99. The molecule has 0 spiro atoms. The quantitative estimate of drug-likeness (QED) is 0.442. The normalized spacial score (nSPS) is 13.7. The zero-order valence-electron chi connectivity index (χ0n) is 15.0. The van der Waals surface area contributed by atoms with Crippen LogP contribution in [0.3, 0.4) is 0 Å². The van der Waals surface area contributed by atoms with Crippen molar-refractivity contribution >= 4 is 45.3 Å². The number of nitrogens with zero attached hydrogens (tertiary/aromatic N) is 1. The van der Waals surface area contributed by atoms with E-state index in [0.717, 1.165) is 23.8 Å². The second-order valence-electron chi connectivity index (χ2n) is 6.84. The third kappa shape index (κ3) is 3.76. The number of benzene rings is 2. The summed E-state index contributed by atoms with van der Waals surface area (Å²) in [5.74, 6) is 1.63. The number of anilines is 1. The van der Waals surface area contributed by atoms with E-state index in [1.807, 2.05) is 37.3 Å². The summed E-state index contributed by atoms with van der Waals surface area (Å²) in [4.78, 5) is 10.8. The first-order chi connectivity index (χ1) is 13.1. The van der Waals surface area contributed by atoms with Gasteiger partial charge in [0, 0.05) is 27.3 Å². The number of halogens is 1. The molecule has 140 valence electrons. The number of carbonyl (C=O) groups is 1. The molecule has 6 heteroatoms. The highest BCUT2D eigenvalue weighted by molar-refractivity contribution is 14.1. The molecule has 1 heterocycles. The molecule has 0 aliphatic heterocycles. The standard InChI is InChI=1S/C21H21IN2O3/c1-2-27-16-9-10-17-18(11-16)24(12-13-3-4-13)20(19(17)22)14-5-7-15(8-6-14)23-21(25)26/h5-11,13,23H,2-4,12H2,1H3,(H,25,26). The summed E-state index contributed by atoms with van der Waals surface area (Å²) in [6, 6.07) is 13.9. The lowest BCUT2D eigenvalue weighted by atomic mass is 10.1. The number of hydrogen-bond acceptors (Lipinski definition) is 2. The first kappa shape index (κ1) is 18.2. The molecule has 1 amide bonds. The Morgan fingerprint density at radius 1 is 1.26 bits per heavy atom. The molecule has 1 saturated carbocycles. The predicted octanol–water partition coefficient (Wildman–Crippen LogP) is 5.81. The van der Waals surface area contributed by atoms with E-state index in [9.17, 15) is 4.79 Å². The SMILES string of the molecule is CCOc1ccc2c(I)c(-c3ccc(NC(=O)O)cc3)n(CC3CC3)c2c1. The number of rotatable bonds is 6. The predicted molar refractivity (Wildman–Crippen MR) is 116 cm³/mol. The summed E-state index contributed by atoms with van der Waals surface area (Å²) in [6.45, 7) is 3.64. The van der Waals surface area contributed by atoms with Gasteiger partial charge in [0.05, 0.1) is 17.8 Å². The van der Waals surface area contributed by atoms with Crippen LogP contribution in [0.1, 0.15) is 19.8 Å². The molecule has 2 aromatic carbocycles. The fourth-order valence-electron chi connectivity index (χ4n) is 3.41. The molecule has 0 atom stereocenters. The lowest BCUT2D eigenvalue weighted by molar-refractivity contribution is 0.210. The van der Waals surface area contributed by atoms with Gasteiger partial charge >= 0.3 is 6.09 Å². The molecule has 1 aliphatic rings. The van der Waals surface area contributed by atoms with Gasteiger partial charge in [-0.3, -0.25) is 5.32 Å². The van der Waals surface area contributed by atoms with E-state index >= 15 is 0 Å². The number of ether oxygens (including phenoxy) is 1. The van der Waals surface area contributed by atoms with Gasteiger partial charge in [-0.2, -0.15) is 0 Å². The Hall–Kier alpha value is -2.22. The van der Waals surface area contributed by atoms with Crippen molar-refractivity contribution in [2.75, 3.05) is 11.9 Å². The van der Waals surface area contributed by atoms with Gasteiger partial charge in [-0.05, 0) is 78.1 Å². The number of fused-ring (bicyclic) bond motifs is 1. The van der Waals surface area contributed by atoms with Crippen molar-refractivity contribution in [2.24, 2.45) is 5.92 Å². The molecule has 0 bridgehead atoms. The average molecular weight is 476 g/mol. The molecule has 0 saturated heterocycles. The van der Waals surface area contributed by atoms with E-state index in [4.69, 9.17) is 9.84 Å². The van der Waals surface area contributed by atoms with E-state index in [0.29, 0.717) is 12.3 Å². The van der Waals surface area contributed by atoms with Gasteiger partial charge in [0.25, 0.3) is 0 Å². The highest BCUT2D eigenvalue weighted by Crippen LogP contribution is 2.40. The van der Waals surface area contributed by atoms with Crippen molar-refractivity contribution in [3.63, 3.8) is 0 Å². The van der Waals surface area contributed by atoms with Gasteiger partial charge in [0.2, 0.25) is 0 Å². The van der Waals surface area contributed by atoms with Gasteiger partial charge in [0.1, 0.15) is 5.75 Å². The Bertz CT molecular complexity index is 991. The lowest BCUT2D eigenvalue weighted by Gasteiger charge is -2.12. The summed E-state index contributed by atoms with van der Waals surface area (Å²) < 4.78 is 9.33. The fraction of sp³-hybridized carbons (Fsp3) is 0.286. The molecule has 27 heavy (non-hydrogen) atoms. The first-order valence-corrected chi connectivity index (χ1v) is 10.2. The number of nitrogens with one attached hydrogen (secondary N) is 1. The molecule has 0 unspecified atom stereocenters. The van der Waals surface area contributed by atoms with Gasteiger partial charge in [-0.15, -0.1) is 0 Å². The van der Waals surface area contributed by atoms with E-state index in [1.165, 1.54) is 33.0 Å². The zero-order chi connectivity index (χ0) is 19.0. The molecule has 2 N–H and O–H groups in total. The van der Waals surface area contributed by atoms with Crippen LogP contribution >= 0.6 is 22.6 Å². The minimum absolute atomic E-state index is 0.574. The van der Waals surface area contributed by atoms with Crippen LogP contribution in [0.25, 0.3) is 22.2 Å². The van der Waals surface area contributed by atoms with E-state index < -0.39 is 6.09 Å². The average Bonchev–Trinajstić information content (AvgIpc) is 3.42. The first-order valence-electron chi connectivity index (χ1n) is 9.11. The number of amides is 1. The van der Waals surface area contributed by atoms with Crippen LogP contribution in [0, 0.1) is 9.49 Å². The maximum Gasteiger partial charge on any atom is 0.409 e. The Labute approximate surface area is 171 Å². The largest absolute Gasteiger partial charge is 0.494 e. The van der Waals surface area contributed by atoms with Gasteiger partial charge in [0.15, 0.2) is 0 Å². The van der Waals surface area contributed by atoms with Gasteiger partial charge in [-0.25, -0.2) is 4.79 Å². The van der Waals surface area contributed by atoms with Crippen molar-refractivity contribution in [1.29, 1.82) is 0 Å². The van der Waals surface area contributed by atoms with E-state index in [-0.39, 0.29) is 0 Å². The smallest absolute Gasteiger partial charge is 0.409 e. The number of carboxylic acid groups (broad SMARTS) is 1. The molecule has 1 aliphatic carbocycles. The van der Waals surface area contributed by atoms with Crippen molar-refractivity contribution in [1.82, 2.24) is 4.57 Å². The summed E-state index contributed by atoms with van der Waals surface area (Å²) in [6.07, 6.45) is 1.51. The van der Waals surface area contributed by atoms with Crippen LogP contribution in [0.4, 0.5) is 10.5 Å². The molecular weight excluding hydrogens is 455 g/mol. The van der Waals surface area contributed by atoms with Crippen LogP contribution in [0.15, 0.2) is 42.5 Å². The molecule has 0 radical (unpaired) electrons. The van der Waals surface area contributed by atoms with Crippen LogP contribution in [-0.2, 0) is 6.54 Å². The summed E-state index contributed by atoms with van der Waals surface area (Å²) >= 11 is 2.42. The van der Waals surface area contributed by atoms with E-state index in [1.54, 1.807) is 0 Å². The second-order valence-corrected chi connectivity index (χ2v) is 7.91. The minimum atomic E-state index is -1.05. The second kappa shape index (κ2) is 7.42. The molecule has 1 fully saturated rings. The summed E-state index contributed by atoms with van der Waals surface area (Å²) in [5.41, 5.74) is 4.04. The molecule has 5 nitrogen and oxygen atoms in total. The fourth-order valence-corrected chi connectivity index (χ4v) is 4.47. The maximum absolute atomic E-state index is 10.8. The highest BCUT2D eigenvalue weighted by Gasteiger charge is 2.26. The highest BCUT2D eigenvalue weighted by atomic mass is 127. The Morgan fingerprint density at radius 3 is 2.63 bits per heavy atom. The molecular formula is C21H21IN2O3. The molecule has 3 aromatic rings. The van der Waals surface area contributed by atoms with Crippen LogP contribution in [0.2, 0.25) is 0 Å². The topological polar surface area (TPSA) is 63.5 Å². The monoisotopic (exact) mass is 476 g/mol. The number of hydrogen-bond donors (Lipinski definition) is 2. The van der Waals surface area contributed by atoms with Crippen molar-refractivity contribution in [2.45, 2.75) is 26.3 Å². The zero-order valence-corrected chi connectivity index (χ0v) is 17.2. The van der Waals surface area contributed by atoms with Crippen LogP contribution in [-0.4, -0.2) is 22.4 Å².